The summed E-state index contributed by atoms with van der Waals surface area (Å²) in [6.07, 6.45) is 1.23. The fourth-order valence-electron chi connectivity index (χ4n) is 2.82. The molecule has 0 aliphatic carbocycles. The highest BCUT2D eigenvalue weighted by Gasteiger charge is 2.28. The molecule has 1 aromatic rings. The van der Waals surface area contributed by atoms with Gasteiger partial charge in [-0.25, -0.2) is 0 Å². The Kier molecular flexibility index (Phi) is 3.92. The van der Waals surface area contributed by atoms with Gasteiger partial charge in [0.1, 0.15) is 5.82 Å². The molecule has 1 aliphatic heterocycles. The minimum absolute atomic E-state index is 0.655. The van der Waals surface area contributed by atoms with Gasteiger partial charge in [-0.3, -0.25) is 4.68 Å². The molecule has 0 radical (unpaired) electrons. The Morgan fingerprint density at radius 3 is 2.72 bits per heavy atom. The third kappa shape index (κ3) is 2.37. The summed E-state index contributed by atoms with van der Waals surface area (Å²) in [5, 5.41) is 7.81. The highest BCUT2D eigenvalue weighted by atomic mass is 15.4. The van der Waals surface area contributed by atoms with Crippen LogP contribution in [0.2, 0.25) is 0 Å². The molecule has 0 saturated carbocycles. The number of rotatable bonds is 4. The highest BCUT2D eigenvalue weighted by Crippen LogP contribution is 2.27. The van der Waals surface area contributed by atoms with Crippen molar-refractivity contribution in [2.24, 2.45) is 7.05 Å². The van der Waals surface area contributed by atoms with Crippen LogP contribution in [-0.2, 0) is 13.6 Å². The van der Waals surface area contributed by atoms with E-state index in [1.165, 1.54) is 17.8 Å². The molecule has 0 bridgehead atoms. The lowest BCUT2D eigenvalue weighted by Gasteiger charge is -2.23. The Labute approximate surface area is 110 Å². The van der Waals surface area contributed by atoms with Crippen LogP contribution >= 0.6 is 0 Å². The first-order chi connectivity index (χ1) is 8.54. The monoisotopic (exact) mass is 251 g/mol. The summed E-state index contributed by atoms with van der Waals surface area (Å²) in [5.74, 6) is 1.28. The van der Waals surface area contributed by atoms with Gasteiger partial charge < -0.3 is 15.1 Å². The second-order valence-electron chi connectivity index (χ2n) is 5.39. The summed E-state index contributed by atoms with van der Waals surface area (Å²) in [4.78, 5) is 4.79. The molecular formula is C13H25N5. The standard InChI is InChI=1S/C13H25N5/c1-10-12(8-14-2)13(17(5)15-10)18-7-6-11(9-18)16(3)4/h11,14H,6-9H2,1-5H3. The van der Waals surface area contributed by atoms with Gasteiger partial charge in [-0.15, -0.1) is 0 Å². The van der Waals surface area contributed by atoms with Crippen LogP contribution < -0.4 is 10.2 Å². The van der Waals surface area contributed by atoms with E-state index in [1.54, 1.807) is 0 Å². The van der Waals surface area contributed by atoms with Gasteiger partial charge in [-0.2, -0.15) is 5.10 Å². The van der Waals surface area contributed by atoms with Crippen molar-refractivity contribution >= 4 is 5.82 Å². The number of aromatic nitrogens is 2. The summed E-state index contributed by atoms with van der Waals surface area (Å²) < 4.78 is 2.03. The molecule has 1 unspecified atom stereocenters. The molecule has 1 aromatic heterocycles. The Hall–Kier alpha value is -1.07. The zero-order chi connectivity index (χ0) is 13.3. The van der Waals surface area contributed by atoms with Crippen LogP contribution in [-0.4, -0.2) is 55.0 Å². The number of hydrogen-bond acceptors (Lipinski definition) is 4. The van der Waals surface area contributed by atoms with Crippen molar-refractivity contribution in [1.82, 2.24) is 20.0 Å². The fraction of sp³-hybridized carbons (Fsp3) is 0.769. The molecule has 1 atom stereocenters. The van der Waals surface area contributed by atoms with Crippen molar-refractivity contribution in [3.05, 3.63) is 11.3 Å². The van der Waals surface area contributed by atoms with Gasteiger partial charge in [0.2, 0.25) is 0 Å². The van der Waals surface area contributed by atoms with Gasteiger partial charge in [-0.05, 0) is 34.5 Å². The van der Waals surface area contributed by atoms with Crippen molar-refractivity contribution in [3.63, 3.8) is 0 Å². The molecule has 102 valence electrons. The zero-order valence-electron chi connectivity index (χ0n) is 12.2. The van der Waals surface area contributed by atoms with E-state index in [-0.39, 0.29) is 0 Å². The van der Waals surface area contributed by atoms with Gasteiger partial charge in [0, 0.05) is 38.3 Å². The van der Waals surface area contributed by atoms with E-state index in [2.05, 4.69) is 41.2 Å². The summed E-state index contributed by atoms with van der Waals surface area (Å²) in [6.45, 7) is 5.20. The van der Waals surface area contributed by atoms with Crippen LogP contribution in [0.4, 0.5) is 5.82 Å². The molecule has 1 saturated heterocycles. The summed E-state index contributed by atoms with van der Waals surface area (Å²) in [6, 6.07) is 0.655. The molecule has 5 heteroatoms. The van der Waals surface area contributed by atoms with Crippen LogP contribution in [0.5, 0.6) is 0 Å². The van der Waals surface area contributed by atoms with E-state index in [0.717, 1.165) is 25.3 Å². The maximum Gasteiger partial charge on any atom is 0.131 e. The second kappa shape index (κ2) is 5.28. The predicted octanol–water partition coefficient (Wildman–Crippen LogP) is 0.588. The number of nitrogens with zero attached hydrogens (tertiary/aromatic N) is 4. The van der Waals surface area contributed by atoms with E-state index < -0.39 is 0 Å². The van der Waals surface area contributed by atoms with Crippen molar-refractivity contribution in [1.29, 1.82) is 0 Å². The SMILES string of the molecule is CNCc1c(C)nn(C)c1N1CCC(N(C)C)C1. The molecular weight excluding hydrogens is 226 g/mol. The molecule has 0 spiro atoms. The first-order valence-corrected chi connectivity index (χ1v) is 6.63. The number of aryl methyl sites for hydroxylation is 2. The van der Waals surface area contributed by atoms with Crippen molar-refractivity contribution < 1.29 is 0 Å². The third-order valence-corrected chi connectivity index (χ3v) is 3.86. The van der Waals surface area contributed by atoms with E-state index in [4.69, 9.17) is 0 Å². The molecule has 2 rings (SSSR count). The average molecular weight is 251 g/mol. The summed E-state index contributed by atoms with van der Waals surface area (Å²) >= 11 is 0. The second-order valence-corrected chi connectivity index (χ2v) is 5.39. The lowest BCUT2D eigenvalue weighted by molar-refractivity contribution is 0.315. The van der Waals surface area contributed by atoms with Crippen LogP contribution in [0.3, 0.4) is 0 Å². The third-order valence-electron chi connectivity index (χ3n) is 3.86. The first-order valence-electron chi connectivity index (χ1n) is 6.63. The van der Waals surface area contributed by atoms with Crippen molar-refractivity contribution in [2.75, 3.05) is 39.1 Å². The van der Waals surface area contributed by atoms with Crippen LogP contribution in [0.25, 0.3) is 0 Å². The quantitative estimate of drug-likeness (QED) is 0.849. The van der Waals surface area contributed by atoms with Crippen LogP contribution in [0.1, 0.15) is 17.7 Å². The predicted molar refractivity (Wildman–Crippen MR) is 75.0 cm³/mol. The largest absolute Gasteiger partial charge is 0.355 e. The smallest absolute Gasteiger partial charge is 0.131 e. The van der Waals surface area contributed by atoms with Crippen molar-refractivity contribution in [2.45, 2.75) is 25.9 Å². The van der Waals surface area contributed by atoms with Crippen molar-refractivity contribution in [3.8, 4) is 0 Å². The molecule has 18 heavy (non-hydrogen) atoms. The average Bonchev–Trinajstić information content (AvgIpc) is 2.86. The molecule has 5 nitrogen and oxygen atoms in total. The molecule has 1 aliphatic rings. The topological polar surface area (TPSA) is 36.3 Å². The van der Waals surface area contributed by atoms with E-state index in [1.807, 2.05) is 18.8 Å². The maximum absolute atomic E-state index is 4.57. The van der Waals surface area contributed by atoms with Gasteiger partial charge in [0.05, 0.1) is 5.69 Å². The lowest BCUT2D eigenvalue weighted by atomic mass is 10.2. The van der Waals surface area contributed by atoms with Crippen LogP contribution in [0, 0.1) is 6.92 Å². The van der Waals surface area contributed by atoms with E-state index in [9.17, 15) is 0 Å². The van der Waals surface area contributed by atoms with Gasteiger partial charge in [0.25, 0.3) is 0 Å². The van der Waals surface area contributed by atoms with Gasteiger partial charge in [-0.1, -0.05) is 0 Å². The summed E-state index contributed by atoms with van der Waals surface area (Å²) in [5.41, 5.74) is 2.47. The minimum Gasteiger partial charge on any atom is -0.355 e. The number of anilines is 1. The van der Waals surface area contributed by atoms with Gasteiger partial charge in [0.15, 0.2) is 0 Å². The highest BCUT2D eigenvalue weighted by molar-refractivity contribution is 5.51. The zero-order valence-corrected chi connectivity index (χ0v) is 12.2. The Morgan fingerprint density at radius 1 is 1.44 bits per heavy atom. The van der Waals surface area contributed by atoms with E-state index >= 15 is 0 Å². The lowest BCUT2D eigenvalue weighted by Crippen LogP contribution is -2.32. The molecule has 0 amide bonds. The normalized spacial score (nSPS) is 20.1. The first kappa shape index (κ1) is 13.4. The number of nitrogens with one attached hydrogen (secondary N) is 1. The molecule has 2 heterocycles. The summed E-state index contributed by atoms with van der Waals surface area (Å²) in [7, 11) is 8.36. The minimum atomic E-state index is 0.655. The Balaban J connectivity index is 2.23. The van der Waals surface area contributed by atoms with Gasteiger partial charge >= 0.3 is 0 Å². The molecule has 1 fully saturated rings. The molecule has 0 aromatic carbocycles. The van der Waals surface area contributed by atoms with E-state index in [0.29, 0.717) is 6.04 Å². The van der Waals surface area contributed by atoms with Crippen LogP contribution in [0.15, 0.2) is 0 Å². The Morgan fingerprint density at radius 2 is 2.17 bits per heavy atom. The maximum atomic E-state index is 4.57. The Bertz CT molecular complexity index is 410. The fourth-order valence-corrected chi connectivity index (χ4v) is 2.82. The molecule has 1 N–H and O–H groups in total. The number of likely N-dealkylation sites (N-methyl/N-ethyl adjacent to an activating group) is 1. The number of hydrogen-bond donors (Lipinski definition) is 1.